The lowest BCUT2D eigenvalue weighted by molar-refractivity contribution is 0.0664. The minimum Gasteiger partial charge on any atom is -0.475 e. The number of hydrogen-bond donors (Lipinski definition) is 1. The van der Waals surface area contributed by atoms with E-state index in [4.69, 9.17) is 4.42 Å². The summed E-state index contributed by atoms with van der Waals surface area (Å²) in [5.41, 5.74) is 1.10. The average Bonchev–Trinajstić information content (AvgIpc) is 2.85. The van der Waals surface area contributed by atoms with Crippen LogP contribution in [0, 0.1) is 5.82 Å². The van der Waals surface area contributed by atoms with Crippen molar-refractivity contribution in [2.45, 2.75) is 10.6 Å². The van der Waals surface area contributed by atoms with E-state index in [1.165, 1.54) is 17.8 Å². The molecule has 0 radical (unpaired) electrons. The fourth-order valence-electron chi connectivity index (χ4n) is 2.13. The molecule has 0 aliphatic rings. The maximum absolute atomic E-state index is 13.6. The van der Waals surface area contributed by atoms with Crippen LogP contribution in [0.1, 0.15) is 16.1 Å². The summed E-state index contributed by atoms with van der Waals surface area (Å²) in [7, 11) is 0. The monoisotopic (exact) mass is 302 g/mol. The fraction of sp³-hybridized carbons (Fsp3) is 0.0625. The number of carboxylic acids is 1. The molecule has 0 aliphatic heterocycles. The first-order chi connectivity index (χ1) is 10.2. The fourth-order valence-corrected chi connectivity index (χ4v) is 3.09. The molecule has 2 aromatic carbocycles. The number of fused-ring (bicyclic) bond motifs is 1. The lowest BCUT2D eigenvalue weighted by Crippen LogP contribution is -1.98. The molecule has 0 unspecified atom stereocenters. The summed E-state index contributed by atoms with van der Waals surface area (Å²) in [6.45, 7) is 0. The molecule has 3 nitrogen and oxygen atoms in total. The molecule has 3 aromatic rings. The van der Waals surface area contributed by atoms with Crippen molar-refractivity contribution in [1.29, 1.82) is 0 Å². The van der Waals surface area contributed by atoms with Gasteiger partial charge in [-0.1, -0.05) is 30.3 Å². The van der Waals surface area contributed by atoms with Crippen molar-refractivity contribution in [3.05, 3.63) is 65.7 Å². The number of rotatable bonds is 4. The number of aromatic carboxylic acids is 1. The quantitative estimate of drug-likeness (QED) is 0.718. The van der Waals surface area contributed by atoms with Crippen LogP contribution in [0.25, 0.3) is 11.0 Å². The Bertz CT molecular complexity index is 810. The topological polar surface area (TPSA) is 50.4 Å². The number of para-hydroxylation sites is 1. The van der Waals surface area contributed by atoms with E-state index < -0.39 is 5.97 Å². The highest BCUT2D eigenvalue weighted by Crippen LogP contribution is 2.32. The van der Waals surface area contributed by atoms with Crippen LogP contribution in [0.4, 0.5) is 4.39 Å². The van der Waals surface area contributed by atoms with E-state index in [2.05, 4.69) is 0 Å². The van der Waals surface area contributed by atoms with Crippen LogP contribution in [0.2, 0.25) is 0 Å². The highest BCUT2D eigenvalue weighted by atomic mass is 32.2. The van der Waals surface area contributed by atoms with Crippen LogP contribution in [0.3, 0.4) is 0 Å². The molecule has 21 heavy (non-hydrogen) atoms. The van der Waals surface area contributed by atoms with Gasteiger partial charge < -0.3 is 9.52 Å². The Morgan fingerprint density at radius 1 is 1.14 bits per heavy atom. The van der Waals surface area contributed by atoms with Crippen molar-refractivity contribution in [3.8, 4) is 0 Å². The van der Waals surface area contributed by atoms with Gasteiger partial charge in [-0.25, -0.2) is 9.18 Å². The summed E-state index contributed by atoms with van der Waals surface area (Å²) in [6.07, 6.45) is 0. The van der Waals surface area contributed by atoms with Crippen molar-refractivity contribution in [1.82, 2.24) is 0 Å². The number of halogens is 1. The highest BCUT2D eigenvalue weighted by Gasteiger charge is 2.20. The highest BCUT2D eigenvalue weighted by molar-refractivity contribution is 7.98. The van der Waals surface area contributed by atoms with Gasteiger partial charge in [0.05, 0.1) is 0 Å². The van der Waals surface area contributed by atoms with E-state index in [1.54, 1.807) is 30.3 Å². The Hall–Kier alpha value is -2.27. The predicted octanol–water partition coefficient (Wildman–Crippen LogP) is 4.56. The van der Waals surface area contributed by atoms with E-state index >= 15 is 0 Å². The number of carbonyl (C=O) groups is 1. The SMILES string of the molecule is O=C(O)c1oc2ccccc2c1CSc1ccccc1F. The van der Waals surface area contributed by atoms with Crippen LogP contribution >= 0.6 is 11.8 Å². The normalized spacial score (nSPS) is 10.9. The molecule has 1 N–H and O–H groups in total. The van der Waals surface area contributed by atoms with E-state index in [9.17, 15) is 14.3 Å². The molecule has 0 amide bonds. The third-order valence-corrected chi connectivity index (χ3v) is 4.18. The summed E-state index contributed by atoms with van der Waals surface area (Å²) in [6, 6.07) is 13.6. The van der Waals surface area contributed by atoms with E-state index in [-0.39, 0.29) is 11.6 Å². The molecule has 0 atom stereocenters. The van der Waals surface area contributed by atoms with E-state index in [1.807, 2.05) is 12.1 Å². The van der Waals surface area contributed by atoms with E-state index in [0.29, 0.717) is 21.8 Å². The maximum Gasteiger partial charge on any atom is 0.372 e. The standard InChI is InChI=1S/C16H11FO3S/c17-12-6-2-4-8-14(12)21-9-11-10-5-1-3-7-13(10)20-15(11)16(18)19/h1-8H,9H2,(H,18,19). The average molecular weight is 302 g/mol. The zero-order valence-corrected chi connectivity index (χ0v) is 11.7. The first kappa shape index (κ1) is 13.7. The number of thioether (sulfide) groups is 1. The van der Waals surface area contributed by atoms with Gasteiger partial charge in [0.25, 0.3) is 0 Å². The summed E-state index contributed by atoms with van der Waals surface area (Å²) in [5, 5.41) is 9.99. The third kappa shape index (κ3) is 2.64. The largest absolute Gasteiger partial charge is 0.475 e. The Morgan fingerprint density at radius 3 is 2.62 bits per heavy atom. The van der Waals surface area contributed by atoms with Gasteiger partial charge in [-0.05, 0) is 18.2 Å². The van der Waals surface area contributed by atoms with Gasteiger partial charge in [-0.15, -0.1) is 11.8 Å². The van der Waals surface area contributed by atoms with Gasteiger partial charge in [0.1, 0.15) is 11.4 Å². The summed E-state index contributed by atoms with van der Waals surface area (Å²) in [5.74, 6) is -1.18. The molecule has 0 aliphatic carbocycles. The number of carboxylic acid groups (broad SMARTS) is 1. The van der Waals surface area contributed by atoms with Crippen molar-refractivity contribution in [3.63, 3.8) is 0 Å². The smallest absolute Gasteiger partial charge is 0.372 e. The molecule has 0 fully saturated rings. The zero-order chi connectivity index (χ0) is 14.8. The van der Waals surface area contributed by atoms with Crippen LogP contribution in [0.5, 0.6) is 0 Å². The minimum atomic E-state index is -1.12. The number of furan rings is 1. The van der Waals surface area contributed by atoms with Crippen molar-refractivity contribution in [2.24, 2.45) is 0 Å². The van der Waals surface area contributed by atoms with Crippen LogP contribution in [-0.2, 0) is 5.75 Å². The first-order valence-electron chi connectivity index (χ1n) is 6.28. The second kappa shape index (κ2) is 5.61. The molecule has 0 spiro atoms. The summed E-state index contributed by atoms with van der Waals surface area (Å²) >= 11 is 1.25. The van der Waals surface area contributed by atoms with Crippen molar-refractivity contribution < 1.29 is 18.7 Å². The van der Waals surface area contributed by atoms with Gasteiger partial charge in [0.2, 0.25) is 5.76 Å². The molecule has 0 saturated heterocycles. The Balaban J connectivity index is 1.98. The molecule has 3 rings (SSSR count). The predicted molar refractivity (Wildman–Crippen MR) is 79.1 cm³/mol. The lowest BCUT2D eigenvalue weighted by atomic mass is 10.1. The maximum atomic E-state index is 13.6. The Labute approximate surface area is 124 Å². The molecular weight excluding hydrogens is 291 g/mol. The molecule has 0 bridgehead atoms. The van der Waals surface area contributed by atoms with Crippen LogP contribution < -0.4 is 0 Å². The Kier molecular flexibility index (Phi) is 3.66. The first-order valence-corrected chi connectivity index (χ1v) is 7.26. The molecular formula is C16H11FO3S. The lowest BCUT2D eigenvalue weighted by Gasteiger charge is -2.03. The second-order valence-corrected chi connectivity index (χ2v) is 5.45. The molecule has 1 heterocycles. The van der Waals surface area contributed by atoms with Crippen LogP contribution in [-0.4, -0.2) is 11.1 Å². The third-order valence-electron chi connectivity index (χ3n) is 3.10. The van der Waals surface area contributed by atoms with Gasteiger partial charge in [-0.3, -0.25) is 0 Å². The Morgan fingerprint density at radius 2 is 1.86 bits per heavy atom. The van der Waals surface area contributed by atoms with Gasteiger partial charge in [-0.2, -0.15) is 0 Å². The van der Waals surface area contributed by atoms with Gasteiger partial charge in [0, 0.05) is 21.6 Å². The van der Waals surface area contributed by atoms with Crippen molar-refractivity contribution >= 4 is 28.7 Å². The van der Waals surface area contributed by atoms with E-state index in [0.717, 1.165) is 5.39 Å². The number of hydrogen-bond acceptors (Lipinski definition) is 3. The molecule has 1 aromatic heterocycles. The summed E-state index contributed by atoms with van der Waals surface area (Å²) in [4.78, 5) is 11.8. The zero-order valence-electron chi connectivity index (χ0n) is 10.9. The molecule has 5 heteroatoms. The number of benzene rings is 2. The molecule has 106 valence electrons. The van der Waals surface area contributed by atoms with Gasteiger partial charge in [0.15, 0.2) is 0 Å². The second-order valence-electron chi connectivity index (χ2n) is 4.43. The van der Waals surface area contributed by atoms with Crippen LogP contribution in [0.15, 0.2) is 57.8 Å². The molecule has 0 saturated carbocycles. The summed E-state index contributed by atoms with van der Waals surface area (Å²) < 4.78 is 19.0. The van der Waals surface area contributed by atoms with Gasteiger partial charge >= 0.3 is 5.97 Å². The minimum absolute atomic E-state index is 0.0833. The van der Waals surface area contributed by atoms with Crippen molar-refractivity contribution in [2.75, 3.05) is 0 Å².